The summed E-state index contributed by atoms with van der Waals surface area (Å²) in [5, 5.41) is 2.86. The molecule has 0 aliphatic carbocycles. The molecule has 7 heteroatoms. The SMILES string of the molecule is COc1ccc(S(=O)(=O)N[C@@H](C)C(=O)NCCC(c2ccccc2)c2ccccc2)cc1. The molecule has 0 fully saturated rings. The van der Waals surface area contributed by atoms with E-state index in [1.54, 1.807) is 12.1 Å². The molecule has 168 valence electrons. The van der Waals surface area contributed by atoms with E-state index in [2.05, 4.69) is 34.3 Å². The highest BCUT2D eigenvalue weighted by atomic mass is 32.2. The second-order valence-electron chi connectivity index (χ2n) is 7.47. The molecular formula is C25H28N2O4S. The van der Waals surface area contributed by atoms with Crippen LogP contribution in [0.3, 0.4) is 0 Å². The molecule has 1 amide bonds. The second kappa shape index (κ2) is 10.9. The van der Waals surface area contributed by atoms with Crippen LogP contribution in [0.25, 0.3) is 0 Å². The van der Waals surface area contributed by atoms with E-state index in [0.717, 1.165) is 0 Å². The number of hydrogen-bond donors (Lipinski definition) is 2. The van der Waals surface area contributed by atoms with Gasteiger partial charge < -0.3 is 10.1 Å². The van der Waals surface area contributed by atoms with Gasteiger partial charge in [-0.05, 0) is 48.7 Å². The van der Waals surface area contributed by atoms with Crippen LogP contribution in [0.1, 0.15) is 30.4 Å². The molecule has 0 saturated heterocycles. The maximum absolute atomic E-state index is 12.6. The number of amides is 1. The van der Waals surface area contributed by atoms with Crippen LogP contribution in [0.2, 0.25) is 0 Å². The highest BCUT2D eigenvalue weighted by Crippen LogP contribution is 2.27. The van der Waals surface area contributed by atoms with Crippen molar-refractivity contribution in [2.75, 3.05) is 13.7 Å². The first-order valence-electron chi connectivity index (χ1n) is 10.4. The van der Waals surface area contributed by atoms with Crippen molar-refractivity contribution in [1.82, 2.24) is 10.0 Å². The van der Waals surface area contributed by atoms with Gasteiger partial charge in [0, 0.05) is 12.5 Å². The van der Waals surface area contributed by atoms with Gasteiger partial charge in [-0.1, -0.05) is 60.7 Å². The zero-order valence-electron chi connectivity index (χ0n) is 18.2. The van der Waals surface area contributed by atoms with E-state index < -0.39 is 16.1 Å². The summed E-state index contributed by atoms with van der Waals surface area (Å²) in [5.74, 6) is 0.312. The third-order valence-corrected chi connectivity index (χ3v) is 6.79. The van der Waals surface area contributed by atoms with Crippen molar-refractivity contribution in [3.8, 4) is 5.75 Å². The second-order valence-corrected chi connectivity index (χ2v) is 9.19. The molecule has 0 saturated carbocycles. The lowest BCUT2D eigenvalue weighted by atomic mass is 9.88. The largest absolute Gasteiger partial charge is 0.497 e. The molecule has 0 spiro atoms. The molecule has 0 heterocycles. The summed E-state index contributed by atoms with van der Waals surface area (Å²) in [5.41, 5.74) is 2.34. The molecule has 32 heavy (non-hydrogen) atoms. The molecule has 0 aliphatic heterocycles. The van der Waals surface area contributed by atoms with Crippen LogP contribution in [-0.4, -0.2) is 34.0 Å². The monoisotopic (exact) mass is 452 g/mol. The van der Waals surface area contributed by atoms with E-state index in [-0.39, 0.29) is 16.7 Å². The minimum absolute atomic E-state index is 0.0752. The smallest absolute Gasteiger partial charge is 0.241 e. The summed E-state index contributed by atoms with van der Waals surface area (Å²) in [4.78, 5) is 12.6. The van der Waals surface area contributed by atoms with Gasteiger partial charge in [0.05, 0.1) is 18.0 Å². The number of ether oxygens (including phenoxy) is 1. The highest BCUT2D eigenvalue weighted by Gasteiger charge is 2.22. The zero-order valence-corrected chi connectivity index (χ0v) is 19.0. The number of carbonyl (C=O) groups is 1. The van der Waals surface area contributed by atoms with E-state index in [1.807, 2.05) is 36.4 Å². The molecular weight excluding hydrogens is 424 g/mol. The molecule has 1 atom stereocenters. The van der Waals surface area contributed by atoms with Gasteiger partial charge in [-0.2, -0.15) is 4.72 Å². The molecule has 0 radical (unpaired) electrons. The van der Waals surface area contributed by atoms with Gasteiger partial charge in [-0.15, -0.1) is 0 Å². The standard InChI is InChI=1S/C25H28N2O4S/c1-19(27-32(29,30)23-15-13-22(31-2)14-16-23)25(28)26-18-17-24(20-9-5-3-6-10-20)21-11-7-4-8-12-21/h3-16,19,24,27H,17-18H2,1-2H3,(H,26,28)/t19-/m0/s1. The molecule has 3 aromatic rings. The summed E-state index contributed by atoms with van der Waals surface area (Å²) in [6.45, 7) is 1.95. The average molecular weight is 453 g/mol. The predicted octanol–water partition coefficient (Wildman–Crippen LogP) is 3.70. The summed E-state index contributed by atoms with van der Waals surface area (Å²) in [7, 11) is -2.31. The zero-order chi connectivity index (χ0) is 23.0. The van der Waals surface area contributed by atoms with Crippen molar-refractivity contribution in [3.05, 3.63) is 96.1 Å². The first-order valence-corrected chi connectivity index (χ1v) is 11.9. The van der Waals surface area contributed by atoms with Crippen LogP contribution >= 0.6 is 0 Å². The van der Waals surface area contributed by atoms with Gasteiger partial charge in [-0.25, -0.2) is 8.42 Å². The van der Waals surface area contributed by atoms with E-state index in [1.165, 1.54) is 37.3 Å². The summed E-state index contributed by atoms with van der Waals surface area (Å²) >= 11 is 0. The van der Waals surface area contributed by atoms with Crippen molar-refractivity contribution < 1.29 is 17.9 Å². The molecule has 2 N–H and O–H groups in total. The Balaban J connectivity index is 1.60. The van der Waals surface area contributed by atoms with Crippen molar-refractivity contribution in [1.29, 1.82) is 0 Å². The van der Waals surface area contributed by atoms with Crippen molar-refractivity contribution in [2.45, 2.75) is 30.2 Å². The van der Waals surface area contributed by atoms with Crippen LogP contribution < -0.4 is 14.8 Å². The Labute approximate surface area is 189 Å². The van der Waals surface area contributed by atoms with E-state index in [9.17, 15) is 13.2 Å². The molecule has 6 nitrogen and oxygen atoms in total. The Kier molecular flexibility index (Phi) is 8.03. The van der Waals surface area contributed by atoms with Crippen LogP contribution in [-0.2, 0) is 14.8 Å². The van der Waals surface area contributed by atoms with Crippen molar-refractivity contribution in [2.24, 2.45) is 0 Å². The fourth-order valence-electron chi connectivity index (χ4n) is 3.50. The number of carbonyl (C=O) groups excluding carboxylic acids is 1. The molecule has 0 unspecified atom stereocenters. The van der Waals surface area contributed by atoms with E-state index >= 15 is 0 Å². The molecule has 3 aromatic carbocycles. The lowest BCUT2D eigenvalue weighted by molar-refractivity contribution is -0.122. The average Bonchev–Trinajstić information content (AvgIpc) is 2.82. The normalized spacial score (nSPS) is 12.3. The number of sulfonamides is 1. The Morgan fingerprint density at radius 1 is 0.875 bits per heavy atom. The fourth-order valence-corrected chi connectivity index (χ4v) is 4.70. The fraction of sp³-hybridized carbons (Fsp3) is 0.240. The topological polar surface area (TPSA) is 84.5 Å². The van der Waals surface area contributed by atoms with Gasteiger partial charge in [0.2, 0.25) is 15.9 Å². The van der Waals surface area contributed by atoms with Crippen LogP contribution in [0, 0.1) is 0 Å². The Morgan fingerprint density at radius 2 is 1.41 bits per heavy atom. The van der Waals surface area contributed by atoms with Gasteiger partial charge in [0.15, 0.2) is 0 Å². The van der Waals surface area contributed by atoms with Crippen molar-refractivity contribution >= 4 is 15.9 Å². The minimum atomic E-state index is -3.82. The quantitative estimate of drug-likeness (QED) is 0.491. The predicted molar refractivity (Wildman–Crippen MR) is 125 cm³/mol. The summed E-state index contributed by atoms with van der Waals surface area (Å²) in [6.07, 6.45) is 0.692. The lowest BCUT2D eigenvalue weighted by Gasteiger charge is -2.19. The van der Waals surface area contributed by atoms with E-state index in [4.69, 9.17) is 4.74 Å². The number of nitrogens with one attached hydrogen (secondary N) is 2. The van der Waals surface area contributed by atoms with Crippen molar-refractivity contribution in [3.63, 3.8) is 0 Å². The Hall–Kier alpha value is -3.16. The number of hydrogen-bond acceptors (Lipinski definition) is 4. The maximum atomic E-state index is 12.6. The third-order valence-electron chi connectivity index (χ3n) is 5.23. The Bertz CT molecular complexity index is 1060. The van der Waals surface area contributed by atoms with Gasteiger partial charge >= 0.3 is 0 Å². The summed E-state index contributed by atoms with van der Waals surface area (Å²) < 4.78 is 32.6. The Morgan fingerprint density at radius 3 is 1.91 bits per heavy atom. The molecule has 0 aromatic heterocycles. The van der Waals surface area contributed by atoms with Gasteiger partial charge in [-0.3, -0.25) is 4.79 Å². The van der Waals surface area contributed by atoms with Crippen LogP contribution in [0.5, 0.6) is 5.75 Å². The van der Waals surface area contributed by atoms with Gasteiger partial charge in [0.1, 0.15) is 5.75 Å². The third kappa shape index (κ3) is 6.18. The highest BCUT2D eigenvalue weighted by molar-refractivity contribution is 7.89. The van der Waals surface area contributed by atoms with E-state index in [0.29, 0.717) is 18.7 Å². The first-order chi connectivity index (χ1) is 15.4. The van der Waals surface area contributed by atoms with Gasteiger partial charge in [0.25, 0.3) is 0 Å². The van der Waals surface area contributed by atoms with Crippen LogP contribution in [0.15, 0.2) is 89.8 Å². The minimum Gasteiger partial charge on any atom is -0.497 e. The number of methoxy groups -OCH3 is 1. The van der Waals surface area contributed by atoms with Crippen LogP contribution in [0.4, 0.5) is 0 Å². The number of benzene rings is 3. The molecule has 0 aliphatic rings. The number of rotatable bonds is 10. The lowest BCUT2D eigenvalue weighted by Crippen LogP contribution is -2.45. The first kappa shape index (κ1) is 23.5. The maximum Gasteiger partial charge on any atom is 0.241 e. The molecule has 0 bridgehead atoms. The molecule has 3 rings (SSSR count). The summed E-state index contributed by atoms with van der Waals surface area (Å²) in [6, 6.07) is 25.3.